The van der Waals surface area contributed by atoms with Gasteiger partial charge in [-0.1, -0.05) is 0 Å². The van der Waals surface area contributed by atoms with E-state index < -0.39 is 5.60 Å². The summed E-state index contributed by atoms with van der Waals surface area (Å²) in [5, 5.41) is 10.1. The summed E-state index contributed by atoms with van der Waals surface area (Å²) in [5.41, 5.74) is 6.47. The summed E-state index contributed by atoms with van der Waals surface area (Å²) in [6, 6.07) is 4.05. The van der Waals surface area contributed by atoms with E-state index in [1.54, 1.807) is 0 Å². The summed E-state index contributed by atoms with van der Waals surface area (Å²) in [6.07, 6.45) is 4.46. The highest BCUT2D eigenvalue weighted by Crippen LogP contribution is 2.25. The number of anilines is 1. The van der Waals surface area contributed by atoms with E-state index in [0.29, 0.717) is 0 Å². The van der Waals surface area contributed by atoms with Gasteiger partial charge >= 0.3 is 0 Å². The number of pyridine rings is 1. The van der Waals surface area contributed by atoms with Crippen molar-refractivity contribution >= 4 is 5.82 Å². The molecule has 0 spiro atoms. The summed E-state index contributed by atoms with van der Waals surface area (Å²) in [7, 11) is 0. The molecule has 0 saturated carbocycles. The number of hydrogen-bond donors (Lipinski definition) is 2. The van der Waals surface area contributed by atoms with Gasteiger partial charge in [0.05, 0.1) is 5.60 Å². The molecule has 1 fully saturated rings. The Kier molecular flexibility index (Phi) is 3.88. The Morgan fingerprint density at radius 3 is 2.94 bits per heavy atom. The van der Waals surface area contributed by atoms with Crippen LogP contribution in [0.25, 0.3) is 0 Å². The lowest BCUT2D eigenvalue weighted by Crippen LogP contribution is -2.28. The topological polar surface area (TPSA) is 62.4 Å². The molecule has 1 aromatic rings. The predicted octanol–water partition coefficient (Wildman–Crippen LogP) is 1.84. The van der Waals surface area contributed by atoms with E-state index in [1.807, 2.05) is 26.1 Å². The maximum absolute atomic E-state index is 10.1. The van der Waals surface area contributed by atoms with Crippen molar-refractivity contribution in [1.82, 2.24) is 4.98 Å². The highest BCUT2D eigenvalue weighted by atomic mass is 16.3. The van der Waals surface area contributed by atoms with Crippen LogP contribution in [-0.4, -0.2) is 28.8 Å². The Bertz CT molecular complexity index is 404. The minimum absolute atomic E-state index is 0.0295. The minimum Gasteiger partial charge on any atom is -0.390 e. The van der Waals surface area contributed by atoms with Gasteiger partial charge in [-0.2, -0.15) is 0 Å². The number of aliphatic hydroxyl groups is 1. The first-order valence-corrected chi connectivity index (χ1v) is 6.67. The van der Waals surface area contributed by atoms with Crippen LogP contribution in [0.3, 0.4) is 0 Å². The first-order chi connectivity index (χ1) is 8.48. The van der Waals surface area contributed by atoms with Gasteiger partial charge in [-0.25, -0.2) is 4.98 Å². The normalized spacial score (nSPS) is 26.8. The smallest absolute Gasteiger partial charge is 0.128 e. The van der Waals surface area contributed by atoms with Crippen molar-refractivity contribution in [2.45, 2.75) is 44.8 Å². The molecular weight excluding hydrogens is 226 g/mol. The van der Waals surface area contributed by atoms with Gasteiger partial charge in [0.15, 0.2) is 0 Å². The lowest BCUT2D eigenvalue weighted by Gasteiger charge is -2.24. The summed E-state index contributed by atoms with van der Waals surface area (Å²) < 4.78 is 0. The van der Waals surface area contributed by atoms with Crippen LogP contribution in [0.15, 0.2) is 18.3 Å². The van der Waals surface area contributed by atoms with Gasteiger partial charge in [-0.05, 0) is 50.8 Å². The molecule has 2 heterocycles. The SMILES string of the molecule is C[C@H](N)c1ccnc(N2CCCC(C)(O)CC2)c1. The molecule has 1 saturated heterocycles. The maximum Gasteiger partial charge on any atom is 0.128 e. The van der Waals surface area contributed by atoms with Crippen molar-refractivity contribution in [3.8, 4) is 0 Å². The molecule has 0 aromatic carbocycles. The fourth-order valence-electron chi connectivity index (χ4n) is 2.38. The predicted molar refractivity (Wildman–Crippen MR) is 73.5 cm³/mol. The second-order valence-electron chi connectivity index (χ2n) is 5.57. The first kappa shape index (κ1) is 13.3. The third-order valence-electron chi connectivity index (χ3n) is 3.68. The summed E-state index contributed by atoms with van der Waals surface area (Å²) in [4.78, 5) is 6.67. The van der Waals surface area contributed by atoms with Gasteiger partial charge in [-0.15, -0.1) is 0 Å². The van der Waals surface area contributed by atoms with E-state index in [-0.39, 0.29) is 6.04 Å². The third kappa shape index (κ3) is 3.21. The van der Waals surface area contributed by atoms with E-state index in [9.17, 15) is 5.11 Å². The van der Waals surface area contributed by atoms with Crippen molar-refractivity contribution < 1.29 is 5.11 Å². The van der Waals surface area contributed by atoms with Crippen molar-refractivity contribution in [2.75, 3.05) is 18.0 Å². The van der Waals surface area contributed by atoms with Gasteiger partial charge in [0, 0.05) is 25.3 Å². The van der Waals surface area contributed by atoms with Gasteiger partial charge in [0.25, 0.3) is 0 Å². The van der Waals surface area contributed by atoms with Crippen LogP contribution in [0.1, 0.15) is 44.7 Å². The van der Waals surface area contributed by atoms with Gasteiger partial charge < -0.3 is 15.7 Å². The van der Waals surface area contributed by atoms with Crippen LogP contribution >= 0.6 is 0 Å². The van der Waals surface area contributed by atoms with Crippen molar-refractivity contribution in [2.24, 2.45) is 5.73 Å². The molecule has 1 aliphatic heterocycles. The van der Waals surface area contributed by atoms with Crippen molar-refractivity contribution in [1.29, 1.82) is 0 Å². The Labute approximate surface area is 109 Å². The number of nitrogens with two attached hydrogens (primary N) is 1. The summed E-state index contributed by atoms with van der Waals surface area (Å²) >= 11 is 0. The van der Waals surface area contributed by atoms with Gasteiger partial charge in [0.1, 0.15) is 5.82 Å². The largest absolute Gasteiger partial charge is 0.390 e. The zero-order valence-electron chi connectivity index (χ0n) is 11.3. The molecule has 0 bridgehead atoms. The molecule has 4 nitrogen and oxygen atoms in total. The quantitative estimate of drug-likeness (QED) is 0.839. The Hall–Kier alpha value is -1.13. The minimum atomic E-state index is -0.534. The molecule has 100 valence electrons. The van der Waals surface area contributed by atoms with E-state index in [0.717, 1.165) is 43.7 Å². The van der Waals surface area contributed by atoms with Gasteiger partial charge in [0.2, 0.25) is 0 Å². The summed E-state index contributed by atoms with van der Waals surface area (Å²) in [6.45, 7) is 5.70. The van der Waals surface area contributed by atoms with E-state index in [4.69, 9.17) is 5.73 Å². The molecule has 3 N–H and O–H groups in total. The van der Waals surface area contributed by atoms with E-state index in [2.05, 4.69) is 16.0 Å². The van der Waals surface area contributed by atoms with Crippen LogP contribution in [0.5, 0.6) is 0 Å². The Morgan fingerprint density at radius 1 is 1.44 bits per heavy atom. The molecule has 1 aromatic heterocycles. The Balaban J connectivity index is 2.13. The maximum atomic E-state index is 10.1. The number of nitrogens with zero attached hydrogens (tertiary/aromatic N) is 2. The van der Waals surface area contributed by atoms with Crippen molar-refractivity contribution in [3.63, 3.8) is 0 Å². The standard InChI is InChI=1S/C14H23N3O/c1-11(15)12-4-7-16-13(10-12)17-8-3-5-14(2,18)6-9-17/h4,7,10-11,18H,3,5-6,8-9,15H2,1-2H3/t11-,14?/m0/s1. The van der Waals surface area contributed by atoms with Crippen molar-refractivity contribution in [3.05, 3.63) is 23.9 Å². The average molecular weight is 249 g/mol. The lowest BCUT2D eigenvalue weighted by atomic mass is 9.98. The molecule has 18 heavy (non-hydrogen) atoms. The van der Waals surface area contributed by atoms with Crippen LogP contribution in [0, 0.1) is 0 Å². The number of rotatable bonds is 2. The number of hydrogen-bond acceptors (Lipinski definition) is 4. The second kappa shape index (κ2) is 5.24. The number of aromatic nitrogens is 1. The second-order valence-corrected chi connectivity index (χ2v) is 5.57. The lowest BCUT2D eigenvalue weighted by molar-refractivity contribution is 0.0481. The third-order valence-corrected chi connectivity index (χ3v) is 3.68. The molecule has 0 radical (unpaired) electrons. The fraction of sp³-hybridized carbons (Fsp3) is 0.643. The zero-order valence-corrected chi connectivity index (χ0v) is 11.3. The average Bonchev–Trinajstić information content (AvgIpc) is 2.50. The van der Waals surface area contributed by atoms with E-state index in [1.165, 1.54) is 0 Å². The first-order valence-electron chi connectivity index (χ1n) is 6.67. The molecule has 2 atom stereocenters. The van der Waals surface area contributed by atoms with Crippen LogP contribution in [0.4, 0.5) is 5.82 Å². The van der Waals surface area contributed by atoms with Crippen LogP contribution in [0.2, 0.25) is 0 Å². The van der Waals surface area contributed by atoms with Crippen LogP contribution in [-0.2, 0) is 0 Å². The molecule has 1 unspecified atom stereocenters. The Morgan fingerprint density at radius 2 is 2.22 bits per heavy atom. The summed E-state index contributed by atoms with van der Waals surface area (Å²) in [5.74, 6) is 0.975. The molecule has 0 aliphatic carbocycles. The highest BCUT2D eigenvalue weighted by molar-refractivity contribution is 5.42. The molecule has 2 rings (SSSR count). The molecule has 4 heteroatoms. The monoisotopic (exact) mass is 249 g/mol. The molecular formula is C14H23N3O. The molecule has 0 amide bonds. The van der Waals surface area contributed by atoms with Crippen LogP contribution < -0.4 is 10.6 Å². The highest BCUT2D eigenvalue weighted by Gasteiger charge is 2.25. The fourth-order valence-corrected chi connectivity index (χ4v) is 2.38. The zero-order chi connectivity index (χ0) is 13.2. The molecule has 1 aliphatic rings. The van der Waals surface area contributed by atoms with Gasteiger partial charge in [-0.3, -0.25) is 0 Å². The van der Waals surface area contributed by atoms with E-state index >= 15 is 0 Å².